The molecule has 0 saturated carbocycles. The minimum atomic E-state index is -0.945. The zero-order valence-corrected chi connectivity index (χ0v) is 11.5. The van der Waals surface area contributed by atoms with Crippen molar-refractivity contribution in [3.63, 3.8) is 0 Å². The first-order chi connectivity index (χ1) is 9.15. The fourth-order valence-electron chi connectivity index (χ4n) is 1.68. The third kappa shape index (κ3) is 6.06. The molecule has 0 aromatic heterocycles. The summed E-state index contributed by atoms with van der Waals surface area (Å²) in [7, 11) is 0. The third-order valence-corrected chi connectivity index (χ3v) is 2.87. The summed E-state index contributed by atoms with van der Waals surface area (Å²) in [6, 6.07) is 7.38. The van der Waals surface area contributed by atoms with E-state index in [1.165, 1.54) is 0 Å². The fourth-order valence-corrected chi connectivity index (χ4v) is 1.68. The van der Waals surface area contributed by atoms with E-state index in [1.54, 1.807) is 6.08 Å². The van der Waals surface area contributed by atoms with E-state index in [9.17, 15) is 4.79 Å². The van der Waals surface area contributed by atoms with Gasteiger partial charge in [-0.05, 0) is 36.9 Å². The lowest BCUT2D eigenvalue weighted by atomic mass is 10.2. The third-order valence-electron chi connectivity index (χ3n) is 2.87. The number of carbonyl (C=O) groups is 1. The molecule has 0 spiro atoms. The van der Waals surface area contributed by atoms with Gasteiger partial charge in [0.05, 0.1) is 0 Å². The number of nitrogens with zero attached hydrogens (tertiary/aromatic N) is 1. The monoisotopic (exact) mass is 263 g/mol. The van der Waals surface area contributed by atoms with Crippen molar-refractivity contribution in [2.24, 2.45) is 0 Å². The Labute approximate surface area is 114 Å². The van der Waals surface area contributed by atoms with Gasteiger partial charge in [0.2, 0.25) is 0 Å². The summed E-state index contributed by atoms with van der Waals surface area (Å²) in [6.07, 6.45) is 2.68. The number of benzene rings is 1. The molecule has 1 aromatic carbocycles. The quantitative estimate of drug-likeness (QED) is 0.732. The highest BCUT2D eigenvalue weighted by molar-refractivity contribution is 5.85. The lowest BCUT2D eigenvalue weighted by Gasteiger charge is -2.17. The molecule has 19 heavy (non-hydrogen) atoms. The summed E-state index contributed by atoms with van der Waals surface area (Å²) < 4.78 is 5.64. The molecular formula is C15H21NO3. The number of hydrogen-bond acceptors (Lipinski definition) is 3. The van der Waals surface area contributed by atoms with Crippen LogP contribution in [-0.2, 0) is 4.79 Å². The van der Waals surface area contributed by atoms with E-state index in [-0.39, 0.29) is 0 Å². The van der Waals surface area contributed by atoms with Crippen LogP contribution in [0.2, 0.25) is 0 Å². The van der Waals surface area contributed by atoms with Crippen LogP contribution >= 0.6 is 0 Å². The molecule has 1 aromatic rings. The Morgan fingerprint density at radius 3 is 2.42 bits per heavy atom. The summed E-state index contributed by atoms with van der Waals surface area (Å²) in [6.45, 7) is 7.89. The lowest BCUT2D eigenvalue weighted by molar-refractivity contribution is -0.131. The maximum absolute atomic E-state index is 10.4. The van der Waals surface area contributed by atoms with Gasteiger partial charge in [0.1, 0.15) is 12.4 Å². The first-order valence-electron chi connectivity index (χ1n) is 6.52. The maximum atomic E-state index is 10.4. The number of ether oxygens (including phenoxy) is 1. The van der Waals surface area contributed by atoms with Crippen LogP contribution in [0.3, 0.4) is 0 Å². The number of rotatable bonds is 8. The van der Waals surface area contributed by atoms with Gasteiger partial charge in [0.15, 0.2) is 0 Å². The van der Waals surface area contributed by atoms with Crippen LogP contribution in [-0.4, -0.2) is 42.2 Å². The van der Waals surface area contributed by atoms with Gasteiger partial charge in [-0.3, -0.25) is 0 Å². The predicted octanol–water partition coefficient (Wildman–Crippen LogP) is 2.50. The number of hydrogen-bond donors (Lipinski definition) is 1. The average Bonchev–Trinajstić information content (AvgIpc) is 2.42. The molecule has 0 atom stereocenters. The number of aliphatic carboxylic acids is 1. The van der Waals surface area contributed by atoms with E-state index < -0.39 is 5.97 Å². The Morgan fingerprint density at radius 1 is 1.26 bits per heavy atom. The molecule has 0 unspecified atom stereocenters. The van der Waals surface area contributed by atoms with Crippen LogP contribution < -0.4 is 4.74 Å². The van der Waals surface area contributed by atoms with Gasteiger partial charge in [0.25, 0.3) is 0 Å². The molecule has 0 saturated heterocycles. The van der Waals surface area contributed by atoms with Crippen molar-refractivity contribution in [1.29, 1.82) is 0 Å². The average molecular weight is 263 g/mol. The predicted molar refractivity (Wildman–Crippen MR) is 76.4 cm³/mol. The standard InChI is InChI=1S/C15H21NO3/c1-3-16(4-2)11-12-19-14-8-5-13(6-9-14)7-10-15(17)18/h5-10H,3-4,11-12H2,1-2H3,(H,17,18). The molecule has 0 aliphatic carbocycles. The highest BCUT2D eigenvalue weighted by Crippen LogP contribution is 2.13. The van der Waals surface area contributed by atoms with Gasteiger partial charge in [-0.1, -0.05) is 26.0 Å². The zero-order chi connectivity index (χ0) is 14.1. The Bertz CT molecular complexity index is 408. The van der Waals surface area contributed by atoms with E-state index in [1.807, 2.05) is 24.3 Å². The summed E-state index contributed by atoms with van der Waals surface area (Å²) >= 11 is 0. The van der Waals surface area contributed by atoms with E-state index >= 15 is 0 Å². The van der Waals surface area contributed by atoms with Crippen molar-refractivity contribution in [2.45, 2.75) is 13.8 Å². The summed E-state index contributed by atoms with van der Waals surface area (Å²) in [5.74, 6) is -0.140. The van der Waals surface area contributed by atoms with Crippen LogP contribution in [0.4, 0.5) is 0 Å². The van der Waals surface area contributed by atoms with E-state index in [2.05, 4.69) is 18.7 Å². The Hall–Kier alpha value is -1.81. The second kappa shape index (κ2) is 8.32. The van der Waals surface area contributed by atoms with Gasteiger partial charge >= 0.3 is 5.97 Å². The molecular weight excluding hydrogens is 242 g/mol. The first kappa shape index (κ1) is 15.2. The molecule has 0 radical (unpaired) electrons. The van der Waals surface area contributed by atoms with Gasteiger partial charge in [0, 0.05) is 12.6 Å². The van der Waals surface area contributed by atoms with Crippen molar-refractivity contribution in [1.82, 2.24) is 4.90 Å². The first-order valence-corrected chi connectivity index (χ1v) is 6.52. The van der Waals surface area contributed by atoms with Crippen LogP contribution in [0.15, 0.2) is 30.3 Å². The fraction of sp³-hybridized carbons (Fsp3) is 0.400. The SMILES string of the molecule is CCN(CC)CCOc1ccc(C=CC(=O)O)cc1. The van der Waals surface area contributed by atoms with Crippen LogP contribution in [0.1, 0.15) is 19.4 Å². The number of carboxylic acids is 1. The van der Waals surface area contributed by atoms with Crippen molar-refractivity contribution >= 4 is 12.0 Å². The van der Waals surface area contributed by atoms with Gasteiger partial charge in [-0.2, -0.15) is 0 Å². The van der Waals surface area contributed by atoms with Crippen LogP contribution in [0.5, 0.6) is 5.75 Å². The Kier molecular flexibility index (Phi) is 6.68. The largest absolute Gasteiger partial charge is 0.492 e. The van der Waals surface area contributed by atoms with Crippen molar-refractivity contribution < 1.29 is 14.6 Å². The molecule has 4 nitrogen and oxygen atoms in total. The molecule has 4 heteroatoms. The normalized spacial score (nSPS) is 11.1. The van der Waals surface area contributed by atoms with Crippen molar-refractivity contribution in [3.8, 4) is 5.75 Å². The molecule has 0 aliphatic heterocycles. The minimum absolute atomic E-state index is 0.659. The molecule has 0 fully saturated rings. The molecule has 104 valence electrons. The Morgan fingerprint density at radius 2 is 1.89 bits per heavy atom. The highest BCUT2D eigenvalue weighted by atomic mass is 16.5. The number of carboxylic acid groups (broad SMARTS) is 1. The molecule has 0 amide bonds. The summed E-state index contributed by atoms with van der Waals surface area (Å²) in [5.41, 5.74) is 0.846. The summed E-state index contributed by atoms with van der Waals surface area (Å²) in [5, 5.41) is 8.53. The van der Waals surface area contributed by atoms with E-state index in [4.69, 9.17) is 9.84 Å². The van der Waals surface area contributed by atoms with Crippen molar-refractivity contribution in [2.75, 3.05) is 26.2 Å². The second-order valence-electron chi connectivity index (χ2n) is 4.12. The van der Waals surface area contributed by atoms with Gasteiger partial charge in [-0.15, -0.1) is 0 Å². The molecule has 0 heterocycles. The topological polar surface area (TPSA) is 49.8 Å². The Balaban J connectivity index is 2.42. The van der Waals surface area contributed by atoms with Gasteiger partial charge in [-0.25, -0.2) is 4.79 Å². The molecule has 1 rings (SSSR count). The van der Waals surface area contributed by atoms with E-state index in [0.717, 1.165) is 37.0 Å². The highest BCUT2D eigenvalue weighted by Gasteiger charge is 1.99. The second-order valence-corrected chi connectivity index (χ2v) is 4.12. The smallest absolute Gasteiger partial charge is 0.328 e. The van der Waals surface area contributed by atoms with Crippen molar-refractivity contribution in [3.05, 3.63) is 35.9 Å². The van der Waals surface area contributed by atoms with Crippen LogP contribution in [0.25, 0.3) is 6.08 Å². The molecule has 0 bridgehead atoms. The number of likely N-dealkylation sites (N-methyl/N-ethyl adjacent to an activating group) is 1. The van der Waals surface area contributed by atoms with Gasteiger partial charge < -0.3 is 14.7 Å². The lowest BCUT2D eigenvalue weighted by Crippen LogP contribution is -2.27. The summed E-state index contributed by atoms with van der Waals surface area (Å²) in [4.78, 5) is 12.7. The minimum Gasteiger partial charge on any atom is -0.492 e. The molecule has 0 aliphatic rings. The van der Waals surface area contributed by atoms with E-state index in [0.29, 0.717) is 6.61 Å². The zero-order valence-electron chi connectivity index (χ0n) is 11.5. The van der Waals surface area contributed by atoms with Crippen LogP contribution in [0, 0.1) is 0 Å². The maximum Gasteiger partial charge on any atom is 0.328 e. The molecule has 1 N–H and O–H groups in total.